The Morgan fingerprint density at radius 3 is 2.67 bits per heavy atom. The standard InChI is InChI=1S/C14H15F3N4O3/c1-21(2)12(22)6-18-10-4-3-8(5-9(10)14(15,16)17)11-7-24-13(23)20-19-11/h3-5,18H,6-7H2,1-2H3,(H,20,23). The predicted molar refractivity (Wildman–Crippen MR) is 79.6 cm³/mol. The summed E-state index contributed by atoms with van der Waals surface area (Å²) in [4.78, 5) is 23.7. The first kappa shape index (κ1) is 17.6. The molecule has 1 heterocycles. The number of hydrogen-bond acceptors (Lipinski definition) is 5. The summed E-state index contributed by atoms with van der Waals surface area (Å²) in [5, 5.41) is 6.16. The van der Waals surface area contributed by atoms with Crippen molar-refractivity contribution in [3.05, 3.63) is 29.3 Å². The maximum atomic E-state index is 13.3. The summed E-state index contributed by atoms with van der Waals surface area (Å²) < 4.78 is 44.5. The van der Waals surface area contributed by atoms with Crippen LogP contribution in [0, 0.1) is 0 Å². The van der Waals surface area contributed by atoms with Crippen molar-refractivity contribution in [3.8, 4) is 0 Å². The van der Waals surface area contributed by atoms with Gasteiger partial charge in [0.15, 0.2) is 0 Å². The Bertz CT molecular complexity index is 686. The minimum Gasteiger partial charge on any atom is -0.442 e. The van der Waals surface area contributed by atoms with Crippen molar-refractivity contribution in [2.24, 2.45) is 5.10 Å². The summed E-state index contributed by atoms with van der Waals surface area (Å²) in [5.41, 5.74) is 1.20. The number of carbonyl (C=O) groups is 2. The first-order chi connectivity index (χ1) is 11.2. The second-order valence-corrected chi connectivity index (χ2v) is 5.15. The van der Waals surface area contributed by atoms with Gasteiger partial charge in [-0.3, -0.25) is 4.79 Å². The number of amides is 2. The molecular weight excluding hydrogens is 329 g/mol. The maximum absolute atomic E-state index is 13.3. The molecule has 0 bridgehead atoms. The van der Waals surface area contributed by atoms with Gasteiger partial charge >= 0.3 is 12.3 Å². The monoisotopic (exact) mass is 344 g/mol. The quantitative estimate of drug-likeness (QED) is 0.870. The molecule has 0 saturated carbocycles. The van der Waals surface area contributed by atoms with Crippen LogP contribution >= 0.6 is 0 Å². The van der Waals surface area contributed by atoms with Crippen LogP contribution in [-0.4, -0.2) is 49.9 Å². The van der Waals surface area contributed by atoms with Crippen molar-refractivity contribution in [1.82, 2.24) is 10.3 Å². The highest BCUT2D eigenvalue weighted by molar-refractivity contribution is 6.04. The molecule has 2 amide bonds. The summed E-state index contributed by atoms with van der Waals surface area (Å²) in [6.45, 7) is -0.495. The van der Waals surface area contributed by atoms with Crippen LogP contribution < -0.4 is 10.7 Å². The molecule has 1 aromatic carbocycles. The Labute approximate surface area is 135 Å². The number of hydrogen-bond donors (Lipinski definition) is 2. The number of nitrogens with one attached hydrogen (secondary N) is 2. The molecule has 130 valence electrons. The highest BCUT2D eigenvalue weighted by Crippen LogP contribution is 2.35. The number of alkyl halides is 3. The fourth-order valence-electron chi connectivity index (χ4n) is 1.90. The Morgan fingerprint density at radius 1 is 1.42 bits per heavy atom. The van der Waals surface area contributed by atoms with Gasteiger partial charge in [-0.2, -0.15) is 18.3 Å². The molecule has 0 saturated heterocycles. The van der Waals surface area contributed by atoms with Crippen molar-refractivity contribution in [2.75, 3.05) is 32.6 Å². The minimum atomic E-state index is -4.63. The van der Waals surface area contributed by atoms with Gasteiger partial charge in [-0.05, 0) is 12.1 Å². The van der Waals surface area contributed by atoms with Crippen molar-refractivity contribution in [1.29, 1.82) is 0 Å². The zero-order valence-electron chi connectivity index (χ0n) is 12.9. The molecule has 0 aliphatic carbocycles. The van der Waals surface area contributed by atoms with E-state index in [4.69, 9.17) is 0 Å². The molecule has 10 heteroatoms. The lowest BCUT2D eigenvalue weighted by Gasteiger charge is -2.18. The molecule has 0 aromatic heterocycles. The second kappa shape index (κ2) is 6.77. The Morgan fingerprint density at radius 2 is 2.12 bits per heavy atom. The smallest absolute Gasteiger partial charge is 0.428 e. The summed E-state index contributed by atoms with van der Waals surface area (Å²) in [5.74, 6) is -0.361. The van der Waals surface area contributed by atoms with Crippen LogP contribution in [-0.2, 0) is 15.7 Å². The lowest BCUT2D eigenvalue weighted by molar-refractivity contribution is -0.137. The summed E-state index contributed by atoms with van der Waals surface area (Å²) in [6.07, 6.45) is -5.39. The molecule has 1 aliphatic rings. The highest BCUT2D eigenvalue weighted by atomic mass is 19.4. The first-order valence-corrected chi connectivity index (χ1v) is 6.83. The van der Waals surface area contributed by atoms with Crippen LogP contribution in [0.3, 0.4) is 0 Å². The van der Waals surface area contributed by atoms with Crippen LogP contribution in [0.5, 0.6) is 0 Å². The van der Waals surface area contributed by atoms with Gasteiger partial charge in [0.25, 0.3) is 0 Å². The Hall–Kier alpha value is -2.78. The number of ether oxygens (including phenoxy) is 1. The number of likely N-dealkylation sites (N-methyl/N-ethyl adjacent to an activating group) is 1. The van der Waals surface area contributed by atoms with Crippen molar-refractivity contribution in [3.63, 3.8) is 0 Å². The molecule has 0 radical (unpaired) electrons. The molecule has 7 nitrogen and oxygen atoms in total. The first-order valence-electron chi connectivity index (χ1n) is 6.83. The molecule has 0 fully saturated rings. The van der Waals surface area contributed by atoms with Gasteiger partial charge in [-0.15, -0.1) is 0 Å². The predicted octanol–water partition coefficient (Wildman–Crippen LogP) is 1.65. The largest absolute Gasteiger partial charge is 0.442 e. The van der Waals surface area contributed by atoms with Crippen molar-refractivity contribution in [2.45, 2.75) is 6.18 Å². The summed E-state index contributed by atoms with van der Waals surface area (Å²) >= 11 is 0. The average Bonchev–Trinajstić information content (AvgIpc) is 2.52. The number of hydrazone groups is 1. The van der Waals surface area contributed by atoms with Gasteiger partial charge in [0.05, 0.1) is 12.1 Å². The lowest BCUT2D eigenvalue weighted by atomic mass is 10.0. The molecular formula is C14H15F3N4O3. The molecule has 2 rings (SSSR count). The number of benzene rings is 1. The van der Waals surface area contributed by atoms with E-state index in [2.05, 4.69) is 15.2 Å². The van der Waals surface area contributed by atoms with Crippen LogP contribution in [0.4, 0.5) is 23.7 Å². The summed E-state index contributed by atoms with van der Waals surface area (Å²) in [6, 6.07) is 3.50. The third-order valence-corrected chi connectivity index (χ3v) is 3.21. The third-order valence-electron chi connectivity index (χ3n) is 3.21. The zero-order valence-corrected chi connectivity index (χ0v) is 12.9. The van der Waals surface area contributed by atoms with Crippen molar-refractivity contribution < 1.29 is 27.5 Å². The van der Waals surface area contributed by atoms with Crippen molar-refractivity contribution >= 4 is 23.4 Å². The van der Waals surface area contributed by atoms with Gasteiger partial charge in [0.2, 0.25) is 5.91 Å². The number of anilines is 1. The number of cyclic esters (lactones) is 1. The number of halogens is 3. The van der Waals surface area contributed by atoms with Gasteiger partial charge in [0, 0.05) is 25.3 Å². The molecule has 2 N–H and O–H groups in total. The fourth-order valence-corrected chi connectivity index (χ4v) is 1.90. The second-order valence-electron chi connectivity index (χ2n) is 5.15. The topological polar surface area (TPSA) is 83.0 Å². The van der Waals surface area contributed by atoms with E-state index in [0.29, 0.717) is 0 Å². The van der Waals surface area contributed by atoms with E-state index in [1.807, 2.05) is 5.43 Å². The van der Waals surface area contributed by atoms with Crippen LogP contribution in [0.15, 0.2) is 23.3 Å². The Kier molecular flexibility index (Phi) is 4.96. The van der Waals surface area contributed by atoms with Crippen LogP contribution in [0.2, 0.25) is 0 Å². The van der Waals surface area contributed by atoms with Gasteiger partial charge in [-0.25, -0.2) is 10.2 Å². The maximum Gasteiger partial charge on any atom is 0.428 e. The van der Waals surface area contributed by atoms with E-state index in [-0.39, 0.29) is 36.0 Å². The van der Waals surface area contributed by atoms with Crippen LogP contribution in [0.25, 0.3) is 0 Å². The molecule has 0 spiro atoms. The number of nitrogens with zero attached hydrogens (tertiary/aromatic N) is 2. The average molecular weight is 344 g/mol. The van der Waals surface area contributed by atoms with E-state index in [1.54, 1.807) is 0 Å². The van der Waals surface area contributed by atoms with E-state index in [9.17, 15) is 22.8 Å². The molecule has 0 atom stereocenters. The van der Waals surface area contributed by atoms with E-state index in [1.165, 1.54) is 31.1 Å². The van der Waals surface area contributed by atoms with Gasteiger partial charge < -0.3 is 15.0 Å². The zero-order chi connectivity index (χ0) is 17.9. The van der Waals surface area contributed by atoms with Gasteiger partial charge in [0.1, 0.15) is 12.3 Å². The molecule has 24 heavy (non-hydrogen) atoms. The fraction of sp³-hybridized carbons (Fsp3) is 0.357. The molecule has 1 aromatic rings. The Balaban J connectivity index is 2.29. The lowest BCUT2D eigenvalue weighted by Crippen LogP contribution is -2.31. The minimum absolute atomic E-state index is 0.159. The summed E-state index contributed by atoms with van der Waals surface area (Å²) in [7, 11) is 3.01. The molecule has 0 unspecified atom stereocenters. The van der Waals surface area contributed by atoms with E-state index >= 15 is 0 Å². The SMILES string of the molecule is CN(C)C(=O)CNc1ccc(C2=NNC(=O)OC2)cc1C(F)(F)F. The van der Waals surface area contributed by atoms with E-state index < -0.39 is 17.8 Å². The van der Waals surface area contributed by atoms with Crippen LogP contribution in [0.1, 0.15) is 11.1 Å². The third kappa shape index (κ3) is 4.15. The van der Waals surface area contributed by atoms with Gasteiger partial charge in [-0.1, -0.05) is 6.07 Å². The molecule has 1 aliphatic heterocycles. The highest BCUT2D eigenvalue weighted by Gasteiger charge is 2.34. The normalized spacial score (nSPS) is 14.4. The van der Waals surface area contributed by atoms with E-state index in [0.717, 1.165) is 6.07 Å². The number of rotatable bonds is 4. The number of carbonyl (C=O) groups excluding carboxylic acids is 2.